The number of pyridine rings is 1. The Labute approximate surface area is 144 Å². The van der Waals surface area contributed by atoms with Gasteiger partial charge in [-0.1, -0.05) is 0 Å². The van der Waals surface area contributed by atoms with E-state index in [1.807, 2.05) is 10.6 Å². The molecule has 7 heteroatoms. The van der Waals surface area contributed by atoms with Crippen LogP contribution >= 0.6 is 11.8 Å². The van der Waals surface area contributed by atoms with Crippen molar-refractivity contribution in [3.63, 3.8) is 0 Å². The van der Waals surface area contributed by atoms with Gasteiger partial charge in [0.1, 0.15) is 5.56 Å². The molecule has 1 aromatic heterocycles. The van der Waals surface area contributed by atoms with E-state index < -0.39 is 5.97 Å². The molecule has 0 radical (unpaired) electrons. The van der Waals surface area contributed by atoms with Crippen molar-refractivity contribution < 1.29 is 9.53 Å². The van der Waals surface area contributed by atoms with Gasteiger partial charge in [-0.2, -0.15) is 0 Å². The number of nitrogens with zero attached hydrogens (tertiary/aromatic N) is 1. The lowest BCUT2D eigenvalue weighted by Gasteiger charge is -2.15. The normalized spacial score (nSPS) is 14.1. The molecule has 128 valence electrons. The third kappa shape index (κ3) is 3.14. The number of thioether (sulfide) groups is 1. The number of fused-ring (bicyclic) bond motifs is 1. The lowest BCUT2D eigenvalue weighted by Crippen LogP contribution is -2.21. The summed E-state index contributed by atoms with van der Waals surface area (Å²) in [4.78, 5) is 25.7. The van der Waals surface area contributed by atoms with Crippen molar-refractivity contribution >= 4 is 34.3 Å². The number of carbonyl (C=O) groups excluding carboxylic acids is 1. The van der Waals surface area contributed by atoms with Crippen molar-refractivity contribution in [2.24, 2.45) is 5.73 Å². The van der Waals surface area contributed by atoms with Crippen LogP contribution in [0.15, 0.2) is 28.0 Å². The minimum Gasteiger partial charge on any atom is -0.462 e. The molecule has 0 unspecified atom stereocenters. The topological polar surface area (TPSA) is 100 Å². The average molecular weight is 347 g/mol. The van der Waals surface area contributed by atoms with Gasteiger partial charge in [-0.15, -0.1) is 11.8 Å². The molecule has 1 fully saturated rings. The highest BCUT2D eigenvalue weighted by atomic mass is 32.2. The highest BCUT2D eigenvalue weighted by molar-refractivity contribution is 7.99. The second-order valence-corrected chi connectivity index (χ2v) is 6.91. The molecular formula is C17H21N3O3S. The number of ether oxygens (including phenoxy) is 1. The van der Waals surface area contributed by atoms with Crippen LogP contribution in [0.25, 0.3) is 10.9 Å². The van der Waals surface area contributed by atoms with Crippen molar-refractivity contribution in [1.82, 2.24) is 4.57 Å². The van der Waals surface area contributed by atoms with E-state index in [0.29, 0.717) is 23.7 Å². The van der Waals surface area contributed by atoms with Crippen LogP contribution in [0.3, 0.4) is 0 Å². The number of hydrogen-bond acceptors (Lipinski definition) is 6. The van der Waals surface area contributed by atoms with Crippen LogP contribution in [0.4, 0.5) is 5.69 Å². The van der Waals surface area contributed by atoms with E-state index in [1.54, 1.807) is 30.9 Å². The first-order valence-corrected chi connectivity index (χ1v) is 9.03. The number of benzene rings is 1. The van der Waals surface area contributed by atoms with Crippen LogP contribution in [-0.4, -0.2) is 29.4 Å². The molecule has 1 aliphatic rings. The Hall–Kier alpha value is -1.99. The largest absolute Gasteiger partial charge is 0.462 e. The van der Waals surface area contributed by atoms with Gasteiger partial charge in [0, 0.05) is 40.5 Å². The van der Waals surface area contributed by atoms with E-state index in [9.17, 15) is 9.59 Å². The predicted octanol–water partition coefficient (Wildman–Crippen LogP) is 2.15. The molecule has 6 nitrogen and oxygen atoms in total. The summed E-state index contributed by atoms with van der Waals surface area (Å²) in [6.07, 6.45) is 3.71. The highest BCUT2D eigenvalue weighted by Gasteiger charge is 2.27. The quantitative estimate of drug-likeness (QED) is 0.472. The highest BCUT2D eigenvalue weighted by Crippen LogP contribution is 2.38. The Bertz CT molecular complexity index is 843. The van der Waals surface area contributed by atoms with Gasteiger partial charge in [0.15, 0.2) is 0 Å². The van der Waals surface area contributed by atoms with Gasteiger partial charge in [0.25, 0.3) is 0 Å². The van der Waals surface area contributed by atoms with E-state index in [0.717, 1.165) is 29.0 Å². The lowest BCUT2D eigenvalue weighted by atomic mass is 10.1. The first kappa shape index (κ1) is 16.9. The molecule has 0 aliphatic heterocycles. The number of nitrogen functional groups attached to an aromatic ring is 1. The molecule has 0 amide bonds. The number of aromatic nitrogens is 1. The minimum atomic E-state index is -0.584. The van der Waals surface area contributed by atoms with Crippen molar-refractivity contribution in [3.05, 3.63) is 34.1 Å². The van der Waals surface area contributed by atoms with E-state index in [1.165, 1.54) is 0 Å². The first-order valence-electron chi connectivity index (χ1n) is 8.05. The molecule has 24 heavy (non-hydrogen) atoms. The molecule has 1 aromatic carbocycles. The zero-order valence-corrected chi connectivity index (χ0v) is 14.4. The number of nitrogens with two attached hydrogens (primary N) is 2. The summed E-state index contributed by atoms with van der Waals surface area (Å²) >= 11 is 1.57. The molecule has 1 aliphatic carbocycles. The van der Waals surface area contributed by atoms with Gasteiger partial charge in [0.2, 0.25) is 5.43 Å². The van der Waals surface area contributed by atoms with E-state index in [2.05, 4.69) is 0 Å². The Kier molecular flexibility index (Phi) is 4.82. The Morgan fingerprint density at radius 2 is 2.17 bits per heavy atom. The summed E-state index contributed by atoms with van der Waals surface area (Å²) in [5.74, 6) is 0.170. The third-order valence-electron chi connectivity index (χ3n) is 3.97. The van der Waals surface area contributed by atoms with Crippen LogP contribution in [0.2, 0.25) is 0 Å². The van der Waals surface area contributed by atoms with Crippen LogP contribution in [0.1, 0.15) is 36.2 Å². The second kappa shape index (κ2) is 6.86. The van der Waals surface area contributed by atoms with Crippen LogP contribution in [-0.2, 0) is 4.74 Å². The van der Waals surface area contributed by atoms with Crippen molar-refractivity contribution in [3.8, 4) is 0 Å². The van der Waals surface area contributed by atoms with E-state index in [4.69, 9.17) is 16.2 Å². The van der Waals surface area contributed by atoms with Crippen LogP contribution < -0.4 is 16.9 Å². The smallest absolute Gasteiger partial charge is 0.343 e. The van der Waals surface area contributed by atoms with Gasteiger partial charge in [-0.3, -0.25) is 4.79 Å². The van der Waals surface area contributed by atoms with Gasteiger partial charge >= 0.3 is 5.97 Å². The summed E-state index contributed by atoms with van der Waals surface area (Å²) in [6, 6.07) is 3.91. The summed E-state index contributed by atoms with van der Waals surface area (Å²) < 4.78 is 7.03. The monoisotopic (exact) mass is 347 g/mol. The number of hydrogen-bond donors (Lipinski definition) is 2. The van der Waals surface area contributed by atoms with Gasteiger partial charge in [-0.25, -0.2) is 4.79 Å². The van der Waals surface area contributed by atoms with Crippen molar-refractivity contribution in [1.29, 1.82) is 0 Å². The number of esters is 1. The van der Waals surface area contributed by atoms with Gasteiger partial charge < -0.3 is 20.8 Å². The lowest BCUT2D eigenvalue weighted by molar-refractivity contribution is 0.0524. The fraction of sp³-hybridized carbons (Fsp3) is 0.412. The van der Waals surface area contributed by atoms with E-state index in [-0.39, 0.29) is 17.6 Å². The summed E-state index contributed by atoms with van der Waals surface area (Å²) in [7, 11) is 0. The second-order valence-electron chi connectivity index (χ2n) is 5.78. The molecule has 0 atom stereocenters. The van der Waals surface area contributed by atoms with Crippen LogP contribution in [0, 0.1) is 0 Å². The SMILES string of the molecule is CCOC(=O)c1cn(C2CC2)c2cc(SCCN)c(N)cc2c1=O. The zero-order valence-electron chi connectivity index (χ0n) is 13.6. The fourth-order valence-electron chi connectivity index (χ4n) is 2.70. The third-order valence-corrected chi connectivity index (χ3v) is 5.08. The summed E-state index contributed by atoms with van der Waals surface area (Å²) in [5, 5.41) is 0.460. The van der Waals surface area contributed by atoms with Gasteiger partial charge in [0.05, 0.1) is 12.1 Å². The number of carbonyl (C=O) groups is 1. The molecule has 1 heterocycles. The molecule has 3 rings (SSSR count). The molecule has 1 saturated carbocycles. The Morgan fingerprint density at radius 3 is 2.79 bits per heavy atom. The molecule has 0 saturated heterocycles. The van der Waals surface area contributed by atoms with Gasteiger partial charge in [-0.05, 0) is 31.9 Å². The maximum absolute atomic E-state index is 12.7. The maximum Gasteiger partial charge on any atom is 0.343 e. The van der Waals surface area contributed by atoms with Crippen molar-refractivity contribution in [2.75, 3.05) is 24.6 Å². The van der Waals surface area contributed by atoms with Crippen molar-refractivity contribution in [2.45, 2.75) is 30.7 Å². The predicted molar refractivity (Wildman–Crippen MR) is 96.6 cm³/mol. The Balaban J connectivity index is 2.20. The molecule has 0 spiro atoms. The first-order chi connectivity index (χ1) is 11.6. The summed E-state index contributed by atoms with van der Waals surface area (Å²) in [5.41, 5.74) is 12.7. The summed E-state index contributed by atoms with van der Waals surface area (Å²) in [6.45, 7) is 2.51. The maximum atomic E-state index is 12.7. The molecular weight excluding hydrogens is 326 g/mol. The average Bonchev–Trinajstić information content (AvgIpc) is 3.39. The number of anilines is 1. The Morgan fingerprint density at radius 1 is 1.42 bits per heavy atom. The van der Waals surface area contributed by atoms with E-state index >= 15 is 0 Å². The molecule has 4 N–H and O–H groups in total. The molecule has 0 bridgehead atoms. The number of rotatable bonds is 6. The zero-order chi connectivity index (χ0) is 17.3. The van der Waals surface area contributed by atoms with Crippen LogP contribution in [0.5, 0.6) is 0 Å². The standard InChI is InChI=1S/C17H21N3O3S/c1-2-23-17(22)12-9-20(10-3-4-10)14-8-15(24-6-5-18)13(19)7-11(14)16(12)21/h7-10H,2-6,18-19H2,1H3. The molecule has 2 aromatic rings. The fourth-order valence-corrected chi connectivity index (χ4v) is 3.45. The minimum absolute atomic E-state index is 0.0676.